The average Bonchev–Trinajstić information content (AvgIpc) is 2.85. The molecule has 0 bridgehead atoms. The van der Waals surface area contributed by atoms with Gasteiger partial charge in [0, 0.05) is 12.7 Å². The van der Waals surface area contributed by atoms with Gasteiger partial charge in [0.15, 0.2) is 0 Å². The molecule has 5 nitrogen and oxygen atoms in total. The SMILES string of the molecule is O=C(NCC1CCCC1C(=O)O)c1ccccn1. The van der Waals surface area contributed by atoms with Crippen molar-refractivity contribution in [1.82, 2.24) is 10.3 Å². The molecule has 96 valence electrons. The Morgan fingerprint density at radius 1 is 1.39 bits per heavy atom. The number of rotatable bonds is 4. The maximum atomic E-state index is 11.8. The summed E-state index contributed by atoms with van der Waals surface area (Å²) in [5.41, 5.74) is 0.363. The van der Waals surface area contributed by atoms with E-state index in [1.165, 1.54) is 0 Å². The van der Waals surface area contributed by atoms with Crippen molar-refractivity contribution in [1.29, 1.82) is 0 Å². The predicted octanol–water partition coefficient (Wildman–Crippen LogP) is 1.31. The largest absolute Gasteiger partial charge is 0.481 e. The molecule has 1 heterocycles. The van der Waals surface area contributed by atoms with Crippen molar-refractivity contribution in [2.24, 2.45) is 11.8 Å². The van der Waals surface area contributed by atoms with E-state index >= 15 is 0 Å². The number of aliphatic carboxylic acids is 1. The van der Waals surface area contributed by atoms with Crippen LogP contribution in [0.5, 0.6) is 0 Å². The van der Waals surface area contributed by atoms with Crippen molar-refractivity contribution >= 4 is 11.9 Å². The molecule has 1 aromatic heterocycles. The summed E-state index contributed by atoms with van der Waals surface area (Å²) >= 11 is 0. The molecule has 2 unspecified atom stereocenters. The monoisotopic (exact) mass is 248 g/mol. The molecule has 0 radical (unpaired) electrons. The first-order chi connectivity index (χ1) is 8.68. The summed E-state index contributed by atoms with van der Waals surface area (Å²) < 4.78 is 0. The molecule has 1 amide bonds. The van der Waals surface area contributed by atoms with Crippen LogP contribution < -0.4 is 5.32 Å². The van der Waals surface area contributed by atoms with Crippen LogP contribution in [0.4, 0.5) is 0 Å². The molecule has 1 fully saturated rings. The van der Waals surface area contributed by atoms with Gasteiger partial charge in [-0.25, -0.2) is 0 Å². The lowest BCUT2D eigenvalue weighted by molar-refractivity contribution is -0.142. The molecule has 1 aromatic rings. The van der Waals surface area contributed by atoms with Crippen LogP contribution in [0.1, 0.15) is 29.8 Å². The topological polar surface area (TPSA) is 79.3 Å². The van der Waals surface area contributed by atoms with Gasteiger partial charge in [-0.15, -0.1) is 0 Å². The summed E-state index contributed by atoms with van der Waals surface area (Å²) in [6.45, 7) is 0.409. The third-order valence-corrected chi connectivity index (χ3v) is 3.40. The molecule has 2 atom stereocenters. The summed E-state index contributed by atoms with van der Waals surface area (Å²) in [6.07, 6.45) is 4.05. The molecule has 1 saturated carbocycles. The molecular formula is C13H16N2O3. The second-order valence-corrected chi connectivity index (χ2v) is 4.56. The van der Waals surface area contributed by atoms with Crippen molar-refractivity contribution in [3.63, 3.8) is 0 Å². The molecule has 0 aliphatic heterocycles. The Morgan fingerprint density at radius 2 is 2.22 bits per heavy atom. The van der Waals surface area contributed by atoms with Gasteiger partial charge < -0.3 is 10.4 Å². The number of carboxylic acid groups (broad SMARTS) is 1. The highest BCUT2D eigenvalue weighted by Gasteiger charge is 2.32. The zero-order valence-corrected chi connectivity index (χ0v) is 10.0. The van der Waals surface area contributed by atoms with Gasteiger partial charge in [-0.1, -0.05) is 12.5 Å². The van der Waals surface area contributed by atoms with Gasteiger partial charge in [0.1, 0.15) is 5.69 Å². The second-order valence-electron chi connectivity index (χ2n) is 4.56. The molecule has 1 aliphatic carbocycles. The van der Waals surface area contributed by atoms with E-state index in [9.17, 15) is 9.59 Å². The van der Waals surface area contributed by atoms with E-state index in [0.29, 0.717) is 18.7 Å². The minimum absolute atomic E-state index is 0.0372. The normalized spacial score (nSPS) is 22.7. The fourth-order valence-electron chi connectivity index (χ4n) is 2.42. The number of amides is 1. The van der Waals surface area contributed by atoms with Crippen LogP contribution >= 0.6 is 0 Å². The van der Waals surface area contributed by atoms with E-state index in [2.05, 4.69) is 10.3 Å². The number of nitrogens with one attached hydrogen (secondary N) is 1. The first kappa shape index (κ1) is 12.5. The second kappa shape index (κ2) is 5.62. The highest BCUT2D eigenvalue weighted by atomic mass is 16.4. The van der Waals surface area contributed by atoms with E-state index in [0.717, 1.165) is 12.8 Å². The zero-order chi connectivity index (χ0) is 13.0. The summed E-state index contributed by atoms with van der Waals surface area (Å²) in [5.74, 6) is -1.29. The van der Waals surface area contributed by atoms with E-state index in [1.807, 2.05) is 0 Å². The van der Waals surface area contributed by atoms with Crippen molar-refractivity contribution in [2.75, 3.05) is 6.54 Å². The van der Waals surface area contributed by atoms with Gasteiger partial charge >= 0.3 is 5.97 Å². The van der Waals surface area contributed by atoms with Gasteiger partial charge in [-0.2, -0.15) is 0 Å². The van der Waals surface area contributed by atoms with Crippen LogP contribution in [0.15, 0.2) is 24.4 Å². The standard InChI is InChI=1S/C13H16N2O3/c16-12(11-6-1-2-7-14-11)15-8-9-4-3-5-10(9)13(17)18/h1-2,6-7,9-10H,3-5,8H2,(H,15,16)(H,17,18). The van der Waals surface area contributed by atoms with Gasteiger partial charge in [-0.05, 0) is 30.9 Å². The number of hydrogen-bond donors (Lipinski definition) is 2. The lowest BCUT2D eigenvalue weighted by Gasteiger charge is -2.16. The minimum atomic E-state index is -0.760. The summed E-state index contributed by atoms with van der Waals surface area (Å²) in [7, 11) is 0. The molecule has 1 aliphatic rings. The van der Waals surface area contributed by atoms with Crippen LogP contribution in [-0.2, 0) is 4.79 Å². The van der Waals surface area contributed by atoms with Crippen molar-refractivity contribution in [3.8, 4) is 0 Å². The highest BCUT2D eigenvalue weighted by molar-refractivity contribution is 5.92. The molecular weight excluding hydrogens is 232 g/mol. The number of hydrogen-bond acceptors (Lipinski definition) is 3. The Kier molecular flexibility index (Phi) is 3.92. The van der Waals surface area contributed by atoms with Gasteiger partial charge in [0.2, 0.25) is 0 Å². The van der Waals surface area contributed by atoms with Crippen LogP contribution in [0, 0.1) is 11.8 Å². The van der Waals surface area contributed by atoms with Gasteiger partial charge in [0.05, 0.1) is 5.92 Å². The maximum absolute atomic E-state index is 11.8. The summed E-state index contributed by atoms with van der Waals surface area (Å²) in [6, 6.07) is 5.13. The molecule has 0 saturated heterocycles. The number of carbonyl (C=O) groups excluding carboxylic acids is 1. The number of carboxylic acids is 1. The highest BCUT2D eigenvalue weighted by Crippen LogP contribution is 2.31. The lowest BCUT2D eigenvalue weighted by Crippen LogP contribution is -2.33. The van der Waals surface area contributed by atoms with Crippen molar-refractivity contribution < 1.29 is 14.7 Å². The third-order valence-electron chi connectivity index (χ3n) is 3.40. The Balaban J connectivity index is 1.88. The number of pyridine rings is 1. The minimum Gasteiger partial charge on any atom is -0.481 e. The Bertz CT molecular complexity index is 433. The van der Waals surface area contributed by atoms with E-state index in [4.69, 9.17) is 5.11 Å². The van der Waals surface area contributed by atoms with Gasteiger partial charge in [-0.3, -0.25) is 14.6 Å². The molecule has 5 heteroatoms. The number of nitrogens with zero attached hydrogens (tertiary/aromatic N) is 1. The Morgan fingerprint density at radius 3 is 2.89 bits per heavy atom. The van der Waals surface area contributed by atoms with E-state index in [-0.39, 0.29) is 17.7 Å². The summed E-state index contributed by atoms with van der Waals surface area (Å²) in [4.78, 5) is 26.7. The van der Waals surface area contributed by atoms with E-state index < -0.39 is 5.97 Å². The average molecular weight is 248 g/mol. The zero-order valence-electron chi connectivity index (χ0n) is 10.0. The fraction of sp³-hybridized carbons (Fsp3) is 0.462. The predicted molar refractivity (Wildman–Crippen MR) is 65.0 cm³/mol. The smallest absolute Gasteiger partial charge is 0.306 e. The number of carbonyl (C=O) groups is 2. The van der Waals surface area contributed by atoms with Crippen LogP contribution in [0.25, 0.3) is 0 Å². The molecule has 0 spiro atoms. The fourth-order valence-corrected chi connectivity index (χ4v) is 2.42. The van der Waals surface area contributed by atoms with Gasteiger partial charge in [0.25, 0.3) is 5.91 Å². The number of aromatic nitrogens is 1. The first-order valence-electron chi connectivity index (χ1n) is 6.10. The maximum Gasteiger partial charge on any atom is 0.306 e. The third kappa shape index (κ3) is 2.85. The lowest BCUT2D eigenvalue weighted by atomic mass is 9.96. The van der Waals surface area contributed by atoms with E-state index in [1.54, 1.807) is 24.4 Å². The van der Waals surface area contributed by atoms with Crippen LogP contribution in [-0.4, -0.2) is 28.5 Å². The van der Waals surface area contributed by atoms with Crippen molar-refractivity contribution in [2.45, 2.75) is 19.3 Å². The van der Waals surface area contributed by atoms with Crippen LogP contribution in [0.2, 0.25) is 0 Å². The molecule has 18 heavy (non-hydrogen) atoms. The van der Waals surface area contributed by atoms with Crippen molar-refractivity contribution in [3.05, 3.63) is 30.1 Å². The summed E-state index contributed by atoms with van der Waals surface area (Å²) in [5, 5.41) is 11.8. The molecule has 2 N–H and O–H groups in total. The molecule has 2 rings (SSSR count). The van der Waals surface area contributed by atoms with Crippen LogP contribution in [0.3, 0.4) is 0 Å². The Hall–Kier alpha value is -1.91. The first-order valence-corrected chi connectivity index (χ1v) is 6.10. The molecule has 0 aromatic carbocycles. The quantitative estimate of drug-likeness (QED) is 0.842. The Labute approximate surface area is 105 Å².